The Hall–Kier alpha value is -1.75. The standard InChI is InChI=1S/C22H33N3O2/c1-27-20-10-8-19(9-11-20)24-15-13-23(14-16-24)17-22(26)25-12-4-6-18-5-2-3-7-21(18)25/h8-11,18,21H,2-7,12-17H2,1H3. The average Bonchev–Trinajstić information content (AvgIpc) is 2.74. The zero-order chi connectivity index (χ0) is 18.6. The van der Waals surface area contributed by atoms with Crippen molar-refractivity contribution in [2.24, 2.45) is 5.92 Å². The average molecular weight is 372 g/mol. The third-order valence-corrected chi connectivity index (χ3v) is 6.73. The number of methoxy groups -OCH3 is 1. The van der Waals surface area contributed by atoms with E-state index in [1.54, 1.807) is 7.11 Å². The number of likely N-dealkylation sites (tertiary alicyclic amines) is 1. The monoisotopic (exact) mass is 371 g/mol. The topological polar surface area (TPSA) is 36.0 Å². The number of hydrogen-bond acceptors (Lipinski definition) is 4. The van der Waals surface area contributed by atoms with Crippen LogP contribution in [-0.2, 0) is 4.79 Å². The van der Waals surface area contributed by atoms with E-state index in [2.05, 4.69) is 26.8 Å². The van der Waals surface area contributed by atoms with Gasteiger partial charge in [0.05, 0.1) is 13.7 Å². The van der Waals surface area contributed by atoms with Crippen molar-refractivity contribution in [1.82, 2.24) is 9.80 Å². The molecule has 2 aliphatic heterocycles. The van der Waals surface area contributed by atoms with Crippen molar-refractivity contribution in [1.29, 1.82) is 0 Å². The predicted octanol–water partition coefficient (Wildman–Crippen LogP) is 3.00. The summed E-state index contributed by atoms with van der Waals surface area (Å²) in [5.41, 5.74) is 1.24. The van der Waals surface area contributed by atoms with E-state index in [1.165, 1.54) is 44.2 Å². The number of benzene rings is 1. The van der Waals surface area contributed by atoms with Gasteiger partial charge in [-0.3, -0.25) is 9.69 Å². The highest BCUT2D eigenvalue weighted by Gasteiger charge is 2.36. The Morgan fingerprint density at radius 2 is 1.67 bits per heavy atom. The number of anilines is 1. The number of ether oxygens (including phenoxy) is 1. The first-order chi connectivity index (χ1) is 13.2. The van der Waals surface area contributed by atoms with Crippen LogP contribution in [0.5, 0.6) is 5.75 Å². The lowest BCUT2D eigenvalue weighted by Gasteiger charge is -2.45. The molecule has 0 radical (unpaired) electrons. The second kappa shape index (κ2) is 8.51. The molecule has 1 aromatic rings. The largest absolute Gasteiger partial charge is 0.497 e. The molecular formula is C22H33N3O2. The summed E-state index contributed by atoms with van der Waals surface area (Å²) >= 11 is 0. The number of piperazine rings is 1. The van der Waals surface area contributed by atoms with Crippen LogP contribution < -0.4 is 9.64 Å². The number of nitrogens with zero attached hydrogens (tertiary/aromatic N) is 3. The summed E-state index contributed by atoms with van der Waals surface area (Å²) in [7, 11) is 1.70. The van der Waals surface area contributed by atoms with Crippen molar-refractivity contribution in [3.05, 3.63) is 24.3 Å². The minimum absolute atomic E-state index is 0.365. The lowest BCUT2D eigenvalue weighted by Crippen LogP contribution is -2.54. The molecule has 1 amide bonds. The van der Waals surface area contributed by atoms with Gasteiger partial charge in [0.2, 0.25) is 5.91 Å². The highest BCUT2D eigenvalue weighted by atomic mass is 16.5. The molecular weight excluding hydrogens is 338 g/mol. The summed E-state index contributed by atoms with van der Waals surface area (Å²) in [5.74, 6) is 2.03. The van der Waals surface area contributed by atoms with Crippen LogP contribution in [0.4, 0.5) is 5.69 Å². The van der Waals surface area contributed by atoms with E-state index in [0.29, 0.717) is 18.5 Å². The molecule has 1 aliphatic carbocycles. The van der Waals surface area contributed by atoms with Gasteiger partial charge in [0.1, 0.15) is 5.75 Å². The third-order valence-electron chi connectivity index (χ3n) is 6.73. The normalized spacial score (nSPS) is 26.6. The number of amides is 1. The van der Waals surface area contributed by atoms with Crippen LogP contribution >= 0.6 is 0 Å². The maximum atomic E-state index is 13.0. The van der Waals surface area contributed by atoms with E-state index < -0.39 is 0 Å². The molecule has 1 aromatic carbocycles. The van der Waals surface area contributed by atoms with E-state index in [4.69, 9.17) is 4.74 Å². The molecule has 1 saturated carbocycles. The van der Waals surface area contributed by atoms with Crippen LogP contribution in [0.3, 0.4) is 0 Å². The number of carbonyl (C=O) groups is 1. The van der Waals surface area contributed by atoms with Crippen molar-refractivity contribution in [2.75, 3.05) is 51.3 Å². The Morgan fingerprint density at radius 3 is 2.41 bits per heavy atom. The van der Waals surface area contributed by atoms with Gasteiger partial charge in [-0.1, -0.05) is 12.8 Å². The van der Waals surface area contributed by atoms with Crippen LogP contribution in [0.1, 0.15) is 38.5 Å². The molecule has 0 bridgehead atoms. The first-order valence-electron chi connectivity index (χ1n) is 10.7. The van der Waals surface area contributed by atoms with E-state index >= 15 is 0 Å². The van der Waals surface area contributed by atoms with Crippen molar-refractivity contribution in [3.8, 4) is 5.75 Å². The summed E-state index contributed by atoms with van der Waals surface area (Å²) in [4.78, 5) is 20.0. The number of rotatable bonds is 4. The molecule has 4 rings (SSSR count). The SMILES string of the molecule is COc1ccc(N2CCN(CC(=O)N3CCCC4CCCCC43)CC2)cc1. The minimum atomic E-state index is 0.365. The van der Waals surface area contributed by atoms with Crippen molar-refractivity contribution < 1.29 is 9.53 Å². The fraction of sp³-hybridized carbons (Fsp3) is 0.682. The Bertz CT molecular complexity index is 623. The van der Waals surface area contributed by atoms with Crippen LogP contribution in [0.25, 0.3) is 0 Å². The Balaban J connectivity index is 1.28. The van der Waals surface area contributed by atoms with E-state index in [-0.39, 0.29) is 0 Å². The van der Waals surface area contributed by atoms with Gasteiger partial charge in [-0.05, 0) is 55.9 Å². The molecule has 2 unspecified atom stereocenters. The minimum Gasteiger partial charge on any atom is -0.497 e. The molecule has 5 nitrogen and oxygen atoms in total. The molecule has 2 atom stereocenters. The van der Waals surface area contributed by atoms with E-state index in [0.717, 1.165) is 44.4 Å². The first-order valence-corrected chi connectivity index (χ1v) is 10.7. The van der Waals surface area contributed by atoms with E-state index in [1.807, 2.05) is 12.1 Å². The molecule has 3 aliphatic rings. The predicted molar refractivity (Wildman–Crippen MR) is 108 cm³/mol. The summed E-state index contributed by atoms with van der Waals surface area (Å²) in [6.07, 6.45) is 7.73. The van der Waals surface area contributed by atoms with Crippen LogP contribution in [0.2, 0.25) is 0 Å². The number of piperidine rings is 1. The molecule has 0 N–H and O–H groups in total. The lowest BCUT2D eigenvalue weighted by molar-refractivity contribution is -0.138. The van der Waals surface area contributed by atoms with Gasteiger partial charge in [0.25, 0.3) is 0 Å². The van der Waals surface area contributed by atoms with Crippen molar-refractivity contribution in [2.45, 2.75) is 44.6 Å². The first kappa shape index (κ1) is 18.6. The lowest BCUT2D eigenvalue weighted by atomic mass is 9.78. The highest BCUT2D eigenvalue weighted by molar-refractivity contribution is 5.78. The maximum Gasteiger partial charge on any atom is 0.237 e. The third kappa shape index (κ3) is 4.23. The van der Waals surface area contributed by atoms with Crippen LogP contribution in [0.15, 0.2) is 24.3 Å². The van der Waals surface area contributed by atoms with Gasteiger partial charge in [0.15, 0.2) is 0 Å². The fourth-order valence-electron chi connectivity index (χ4n) is 5.17. The zero-order valence-corrected chi connectivity index (χ0v) is 16.6. The molecule has 0 spiro atoms. The summed E-state index contributed by atoms with van der Waals surface area (Å²) in [6.45, 7) is 5.45. The Morgan fingerprint density at radius 1 is 0.963 bits per heavy atom. The van der Waals surface area contributed by atoms with E-state index in [9.17, 15) is 4.79 Å². The summed E-state index contributed by atoms with van der Waals surface area (Å²) in [5, 5.41) is 0. The maximum absolute atomic E-state index is 13.0. The van der Waals surface area contributed by atoms with Gasteiger partial charge in [-0.25, -0.2) is 0 Å². The van der Waals surface area contributed by atoms with Gasteiger partial charge < -0.3 is 14.5 Å². The molecule has 2 heterocycles. The fourth-order valence-corrected chi connectivity index (χ4v) is 5.17. The van der Waals surface area contributed by atoms with Crippen LogP contribution in [0, 0.1) is 5.92 Å². The molecule has 27 heavy (non-hydrogen) atoms. The molecule has 3 fully saturated rings. The highest BCUT2D eigenvalue weighted by Crippen LogP contribution is 2.35. The molecule has 2 saturated heterocycles. The summed E-state index contributed by atoms with van der Waals surface area (Å²) in [6, 6.07) is 8.80. The molecule has 148 valence electrons. The number of hydrogen-bond donors (Lipinski definition) is 0. The number of fused-ring (bicyclic) bond motifs is 1. The summed E-state index contributed by atoms with van der Waals surface area (Å²) < 4.78 is 5.24. The quantitative estimate of drug-likeness (QED) is 0.815. The smallest absolute Gasteiger partial charge is 0.237 e. The Labute approximate surface area is 163 Å². The second-order valence-electron chi connectivity index (χ2n) is 8.30. The van der Waals surface area contributed by atoms with Gasteiger partial charge in [-0.15, -0.1) is 0 Å². The zero-order valence-electron chi connectivity index (χ0n) is 16.6. The van der Waals surface area contributed by atoms with Gasteiger partial charge in [-0.2, -0.15) is 0 Å². The molecule has 5 heteroatoms. The van der Waals surface area contributed by atoms with Gasteiger partial charge in [0, 0.05) is 44.5 Å². The van der Waals surface area contributed by atoms with Crippen LogP contribution in [-0.4, -0.2) is 68.1 Å². The Kier molecular flexibility index (Phi) is 5.86. The van der Waals surface area contributed by atoms with Gasteiger partial charge >= 0.3 is 0 Å². The molecule has 0 aromatic heterocycles. The van der Waals surface area contributed by atoms with Crippen molar-refractivity contribution in [3.63, 3.8) is 0 Å². The van der Waals surface area contributed by atoms with Crippen molar-refractivity contribution >= 4 is 11.6 Å². The second-order valence-corrected chi connectivity index (χ2v) is 8.30. The number of carbonyl (C=O) groups excluding carboxylic acids is 1.